The number of esters is 1. The van der Waals surface area contributed by atoms with Gasteiger partial charge in [-0.25, -0.2) is 4.79 Å². The predicted octanol–water partition coefficient (Wildman–Crippen LogP) is 2.03. The first-order valence-electron chi connectivity index (χ1n) is 6.36. The van der Waals surface area contributed by atoms with E-state index in [4.69, 9.17) is 9.47 Å². The quantitative estimate of drug-likeness (QED) is 0.804. The number of methoxy groups -OCH3 is 1. The molecule has 0 unspecified atom stereocenters. The van der Waals surface area contributed by atoms with Crippen LogP contribution in [0.5, 0.6) is 5.75 Å². The number of hydrogen-bond donors (Lipinski definition) is 0. The highest BCUT2D eigenvalue weighted by atomic mass is 16.5. The fraction of sp³-hybridized carbons (Fsp3) is 0.333. The van der Waals surface area contributed by atoms with Gasteiger partial charge in [-0.15, -0.1) is 0 Å². The Labute approximate surface area is 116 Å². The molecule has 106 valence electrons. The number of aryl methyl sites for hydroxylation is 2. The van der Waals surface area contributed by atoms with Gasteiger partial charge in [0.1, 0.15) is 5.75 Å². The molecule has 0 aliphatic carbocycles. The van der Waals surface area contributed by atoms with Crippen LogP contribution in [0, 0.1) is 6.92 Å². The van der Waals surface area contributed by atoms with Gasteiger partial charge >= 0.3 is 5.97 Å². The highest BCUT2D eigenvalue weighted by Gasteiger charge is 2.23. The number of carbonyl (C=O) groups is 1. The van der Waals surface area contributed by atoms with Gasteiger partial charge in [-0.1, -0.05) is 12.1 Å². The summed E-state index contributed by atoms with van der Waals surface area (Å²) in [7, 11) is 3.08. The second kappa shape index (κ2) is 5.36. The topological polar surface area (TPSA) is 57.5 Å². The van der Waals surface area contributed by atoms with Gasteiger partial charge in [0.15, 0.2) is 5.56 Å². The first-order valence-corrected chi connectivity index (χ1v) is 6.36. The lowest BCUT2D eigenvalue weighted by atomic mass is 10.1. The van der Waals surface area contributed by atoms with Crippen LogP contribution in [0.2, 0.25) is 0 Å². The van der Waals surface area contributed by atoms with Crippen molar-refractivity contribution in [3.8, 4) is 5.75 Å². The second-order valence-electron chi connectivity index (χ2n) is 4.46. The van der Waals surface area contributed by atoms with Crippen molar-refractivity contribution in [1.29, 1.82) is 0 Å². The molecule has 20 heavy (non-hydrogen) atoms. The summed E-state index contributed by atoms with van der Waals surface area (Å²) in [6.07, 6.45) is 0. The number of hydrogen-bond acceptors (Lipinski definition) is 4. The van der Waals surface area contributed by atoms with E-state index in [1.54, 1.807) is 14.0 Å². The fourth-order valence-corrected chi connectivity index (χ4v) is 2.31. The molecular formula is C15H17NO4. The summed E-state index contributed by atoms with van der Waals surface area (Å²) in [6.45, 7) is 3.81. The number of aromatic nitrogens is 1. The molecule has 0 bridgehead atoms. The Hall–Kier alpha value is -2.30. The first kappa shape index (κ1) is 14.1. The van der Waals surface area contributed by atoms with Crippen LogP contribution in [0.15, 0.2) is 23.0 Å². The van der Waals surface area contributed by atoms with Crippen LogP contribution < -0.4 is 10.3 Å². The molecular weight excluding hydrogens is 258 g/mol. The summed E-state index contributed by atoms with van der Waals surface area (Å²) in [5, 5.41) is 0.750. The number of rotatable bonds is 3. The number of ether oxygens (including phenoxy) is 2. The summed E-state index contributed by atoms with van der Waals surface area (Å²) in [5.74, 6) is -0.380. The Morgan fingerprint density at radius 2 is 2.05 bits per heavy atom. The maximum absolute atomic E-state index is 12.4. The van der Waals surface area contributed by atoms with E-state index in [0.717, 1.165) is 16.5 Å². The van der Waals surface area contributed by atoms with Crippen LogP contribution in [0.25, 0.3) is 10.9 Å². The molecule has 2 aromatic rings. The van der Waals surface area contributed by atoms with Crippen molar-refractivity contribution in [3.63, 3.8) is 0 Å². The van der Waals surface area contributed by atoms with Gasteiger partial charge in [-0.2, -0.15) is 0 Å². The van der Waals surface area contributed by atoms with Crippen molar-refractivity contribution >= 4 is 16.9 Å². The summed E-state index contributed by atoms with van der Waals surface area (Å²) in [6, 6.07) is 5.59. The third-order valence-corrected chi connectivity index (χ3v) is 3.27. The predicted molar refractivity (Wildman–Crippen MR) is 76.4 cm³/mol. The molecule has 0 saturated heterocycles. The van der Waals surface area contributed by atoms with Gasteiger partial charge in [0, 0.05) is 12.4 Å². The van der Waals surface area contributed by atoms with Crippen molar-refractivity contribution in [3.05, 3.63) is 39.7 Å². The molecule has 1 aromatic heterocycles. The third kappa shape index (κ3) is 2.05. The molecule has 0 saturated carbocycles. The van der Waals surface area contributed by atoms with Gasteiger partial charge in [0.2, 0.25) is 0 Å². The fourth-order valence-electron chi connectivity index (χ4n) is 2.31. The molecule has 0 fully saturated rings. The van der Waals surface area contributed by atoms with Crippen LogP contribution in [0.4, 0.5) is 0 Å². The van der Waals surface area contributed by atoms with Crippen LogP contribution in [0.3, 0.4) is 0 Å². The molecule has 0 amide bonds. The minimum Gasteiger partial charge on any atom is -0.495 e. The van der Waals surface area contributed by atoms with Gasteiger partial charge in [-0.05, 0) is 25.5 Å². The minimum absolute atomic E-state index is 0.0568. The molecule has 0 aliphatic rings. The first-order chi connectivity index (χ1) is 9.52. The van der Waals surface area contributed by atoms with E-state index >= 15 is 0 Å². The second-order valence-corrected chi connectivity index (χ2v) is 4.46. The Morgan fingerprint density at radius 1 is 1.35 bits per heavy atom. The zero-order valence-corrected chi connectivity index (χ0v) is 12.0. The molecule has 0 radical (unpaired) electrons. The van der Waals surface area contributed by atoms with E-state index in [9.17, 15) is 9.59 Å². The van der Waals surface area contributed by atoms with Crippen molar-refractivity contribution in [2.75, 3.05) is 13.7 Å². The van der Waals surface area contributed by atoms with Crippen molar-refractivity contribution in [2.45, 2.75) is 13.8 Å². The number of nitrogens with zero attached hydrogens (tertiary/aromatic N) is 1. The van der Waals surface area contributed by atoms with E-state index in [1.165, 1.54) is 11.7 Å². The lowest BCUT2D eigenvalue weighted by Crippen LogP contribution is -2.27. The molecule has 1 aromatic carbocycles. The number of benzene rings is 1. The molecule has 5 heteroatoms. The van der Waals surface area contributed by atoms with Gasteiger partial charge < -0.3 is 14.0 Å². The van der Waals surface area contributed by atoms with Gasteiger partial charge in [-0.3, -0.25) is 4.79 Å². The van der Waals surface area contributed by atoms with Crippen LogP contribution >= 0.6 is 0 Å². The average Bonchev–Trinajstić information content (AvgIpc) is 2.43. The summed E-state index contributed by atoms with van der Waals surface area (Å²) in [4.78, 5) is 24.4. The smallest absolute Gasteiger partial charge is 0.347 e. The average molecular weight is 275 g/mol. The number of pyridine rings is 1. The lowest BCUT2D eigenvalue weighted by Gasteiger charge is -2.15. The number of carbonyl (C=O) groups excluding carboxylic acids is 1. The van der Waals surface area contributed by atoms with E-state index in [1.807, 2.05) is 25.1 Å². The van der Waals surface area contributed by atoms with Gasteiger partial charge in [0.25, 0.3) is 5.56 Å². The highest BCUT2D eigenvalue weighted by molar-refractivity contribution is 6.01. The molecule has 0 atom stereocenters. The Balaban J connectivity index is 2.95. The van der Waals surface area contributed by atoms with E-state index in [-0.39, 0.29) is 17.9 Å². The molecule has 0 N–H and O–H groups in total. The lowest BCUT2D eigenvalue weighted by molar-refractivity contribution is 0.0520. The maximum atomic E-state index is 12.4. The minimum atomic E-state index is -0.657. The van der Waals surface area contributed by atoms with Crippen molar-refractivity contribution < 1.29 is 14.3 Å². The van der Waals surface area contributed by atoms with Crippen LogP contribution in [-0.2, 0) is 11.8 Å². The summed E-state index contributed by atoms with van der Waals surface area (Å²) in [5.41, 5.74) is 1.18. The van der Waals surface area contributed by atoms with Crippen molar-refractivity contribution in [1.82, 2.24) is 4.57 Å². The zero-order valence-electron chi connectivity index (χ0n) is 12.0. The largest absolute Gasteiger partial charge is 0.495 e. The SMILES string of the molecule is CCOC(=O)c1c(OC)c2c(C)cccc2n(C)c1=O. The molecule has 0 aliphatic heterocycles. The van der Waals surface area contributed by atoms with Crippen molar-refractivity contribution in [2.24, 2.45) is 7.05 Å². The van der Waals surface area contributed by atoms with Gasteiger partial charge in [0.05, 0.1) is 19.2 Å². The Morgan fingerprint density at radius 3 is 2.65 bits per heavy atom. The summed E-state index contributed by atoms with van der Waals surface area (Å²) >= 11 is 0. The Bertz CT molecular complexity index is 731. The normalized spacial score (nSPS) is 10.6. The molecule has 2 rings (SSSR count). The zero-order chi connectivity index (χ0) is 14.9. The summed E-state index contributed by atoms with van der Waals surface area (Å²) < 4.78 is 11.7. The molecule has 1 heterocycles. The monoisotopic (exact) mass is 275 g/mol. The highest BCUT2D eigenvalue weighted by Crippen LogP contribution is 2.30. The molecule has 5 nitrogen and oxygen atoms in total. The maximum Gasteiger partial charge on any atom is 0.347 e. The van der Waals surface area contributed by atoms with Crippen LogP contribution in [0.1, 0.15) is 22.8 Å². The molecule has 0 spiro atoms. The van der Waals surface area contributed by atoms with E-state index in [2.05, 4.69) is 0 Å². The Kier molecular flexibility index (Phi) is 3.79. The third-order valence-electron chi connectivity index (χ3n) is 3.27. The van der Waals surface area contributed by atoms with E-state index in [0.29, 0.717) is 0 Å². The van der Waals surface area contributed by atoms with Crippen LogP contribution in [-0.4, -0.2) is 24.3 Å². The van der Waals surface area contributed by atoms with E-state index < -0.39 is 11.5 Å². The number of fused-ring (bicyclic) bond motifs is 1. The standard InChI is InChI=1S/C15H17NO4/c1-5-20-15(18)12-13(19-4)11-9(2)7-6-8-10(11)16(3)14(12)17/h6-8H,5H2,1-4H3.